The molecule has 0 fully saturated rings. The number of hydrogen-bond acceptors (Lipinski definition) is 6. The second-order valence-electron chi connectivity index (χ2n) is 5.92. The van der Waals surface area contributed by atoms with Gasteiger partial charge in [0, 0.05) is 23.2 Å². The maximum Gasteiger partial charge on any atom is 0.329 e. The topological polar surface area (TPSA) is 154 Å². The molecule has 0 spiro atoms. The average molecular weight is 368 g/mol. The molecule has 0 unspecified atom stereocenters. The van der Waals surface area contributed by atoms with Gasteiger partial charge in [-0.1, -0.05) is 30.3 Å². The minimum absolute atomic E-state index is 0.0166. The van der Waals surface area contributed by atoms with Crippen LogP contribution in [0.3, 0.4) is 0 Å². The van der Waals surface area contributed by atoms with Gasteiger partial charge in [0.1, 0.15) is 5.75 Å². The summed E-state index contributed by atoms with van der Waals surface area (Å²) in [7, 11) is 0. The molecule has 3 rings (SSSR count). The molecule has 0 aromatic heterocycles. The Morgan fingerprint density at radius 2 is 1.81 bits per heavy atom. The summed E-state index contributed by atoms with van der Waals surface area (Å²) in [5.41, 5.74) is 5.80. The number of amides is 3. The molecule has 2 aromatic carbocycles. The number of phenols is 1. The number of hydrazone groups is 1. The Kier molecular flexibility index (Phi) is 4.61. The minimum atomic E-state index is -1.98. The first-order chi connectivity index (χ1) is 12.8. The van der Waals surface area contributed by atoms with E-state index in [1.54, 1.807) is 36.4 Å². The van der Waals surface area contributed by atoms with Gasteiger partial charge in [-0.3, -0.25) is 14.4 Å². The van der Waals surface area contributed by atoms with Crippen molar-refractivity contribution < 1.29 is 24.6 Å². The molecule has 6 N–H and O–H groups in total. The Hall–Kier alpha value is -3.72. The molecule has 9 nitrogen and oxygen atoms in total. The summed E-state index contributed by atoms with van der Waals surface area (Å²) in [6, 6.07) is 12.6. The molecule has 1 aliphatic heterocycles. The summed E-state index contributed by atoms with van der Waals surface area (Å²) in [5, 5.41) is 27.5. The largest absolute Gasteiger partial charge is 0.507 e. The quantitative estimate of drug-likeness (QED) is 0.290. The lowest BCUT2D eigenvalue weighted by atomic mass is 9.87. The van der Waals surface area contributed by atoms with Gasteiger partial charge in [0.05, 0.1) is 5.71 Å². The predicted molar refractivity (Wildman–Crippen MR) is 95.6 cm³/mol. The van der Waals surface area contributed by atoms with Gasteiger partial charge in [0.25, 0.3) is 5.91 Å². The fraction of sp³-hybridized carbons (Fsp3) is 0.111. The van der Waals surface area contributed by atoms with E-state index in [-0.39, 0.29) is 23.4 Å². The van der Waals surface area contributed by atoms with Crippen LogP contribution < -0.4 is 16.5 Å². The maximum atomic E-state index is 12.4. The maximum absolute atomic E-state index is 12.4. The molecule has 1 heterocycles. The van der Waals surface area contributed by atoms with E-state index in [0.29, 0.717) is 11.3 Å². The van der Waals surface area contributed by atoms with Gasteiger partial charge in [-0.15, -0.1) is 0 Å². The summed E-state index contributed by atoms with van der Waals surface area (Å²) >= 11 is 0. The normalized spacial score (nSPS) is 18.6. The Morgan fingerprint density at radius 1 is 1.15 bits per heavy atom. The molecule has 0 radical (unpaired) electrons. The summed E-state index contributed by atoms with van der Waals surface area (Å²) in [5.74, 6) is -3.28. The number of carbonyl (C=O) groups excluding carboxylic acids is 3. The van der Waals surface area contributed by atoms with E-state index in [9.17, 15) is 24.6 Å². The molecule has 1 atom stereocenters. The number of fused-ring (bicyclic) bond motifs is 1. The number of nitrogens with zero attached hydrogens (tertiary/aromatic N) is 1. The molecular formula is C18H16N4O5. The van der Waals surface area contributed by atoms with Crippen LogP contribution in [0.25, 0.3) is 0 Å². The number of aliphatic hydroxyl groups is 1. The third kappa shape index (κ3) is 3.35. The van der Waals surface area contributed by atoms with Crippen LogP contribution in [-0.4, -0.2) is 33.6 Å². The fourth-order valence-electron chi connectivity index (χ4n) is 2.80. The highest BCUT2D eigenvalue weighted by molar-refractivity contribution is 6.34. The summed E-state index contributed by atoms with van der Waals surface area (Å²) in [6.45, 7) is 0. The van der Waals surface area contributed by atoms with E-state index in [1.807, 2.05) is 5.43 Å². The Labute approximate surface area is 153 Å². The first kappa shape index (κ1) is 18.1. The van der Waals surface area contributed by atoms with Crippen LogP contribution in [0.15, 0.2) is 53.6 Å². The van der Waals surface area contributed by atoms with E-state index >= 15 is 0 Å². The van der Waals surface area contributed by atoms with E-state index in [1.165, 1.54) is 12.1 Å². The van der Waals surface area contributed by atoms with E-state index in [4.69, 9.17) is 5.73 Å². The number of nitrogens with one attached hydrogen (secondary N) is 2. The third-order valence-electron chi connectivity index (χ3n) is 4.15. The number of hydrogen-bond donors (Lipinski definition) is 5. The van der Waals surface area contributed by atoms with Crippen LogP contribution in [-0.2, 0) is 20.0 Å². The fourth-order valence-corrected chi connectivity index (χ4v) is 2.80. The predicted octanol–water partition coefficient (Wildman–Crippen LogP) is -0.0722. The molecule has 9 heteroatoms. The van der Waals surface area contributed by atoms with Crippen LogP contribution in [0, 0.1) is 0 Å². The lowest BCUT2D eigenvalue weighted by molar-refractivity contribution is -0.137. The number of anilines is 1. The molecule has 0 saturated carbocycles. The zero-order valence-electron chi connectivity index (χ0n) is 14.0. The van der Waals surface area contributed by atoms with Crippen molar-refractivity contribution >= 4 is 29.1 Å². The van der Waals surface area contributed by atoms with E-state index in [2.05, 4.69) is 10.4 Å². The molecule has 0 bridgehead atoms. The smallest absolute Gasteiger partial charge is 0.329 e. The lowest BCUT2D eigenvalue weighted by Gasteiger charge is -2.22. The number of para-hydroxylation sites is 2. The van der Waals surface area contributed by atoms with Gasteiger partial charge < -0.3 is 21.3 Å². The van der Waals surface area contributed by atoms with Crippen molar-refractivity contribution in [2.45, 2.75) is 12.0 Å². The third-order valence-corrected chi connectivity index (χ3v) is 4.15. The number of rotatable bonds is 4. The van der Waals surface area contributed by atoms with E-state index < -0.39 is 23.3 Å². The van der Waals surface area contributed by atoms with Crippen molar-refractivity contribution in [3.63, 3.8) is 0 Å². The van der Waals surface area contributed by atoms with Crippen LogP contribution >= 0.6 is 0 Å². The van der Waals surface area contributed by atoms with E-state index in [0.717, 1.165) is 0 Å². The molecule has 138 valence electrons. The standard InChI is InChI=1S/C18H16N4O5/c19-15(24)16(25)22-21-13(10-5-1-4-8-14(10)23)9-18(27)11-6-2-3-7-12(11)20-17(18)26/h1-8,23,27H,9H2,(H2,19,24)(H,20,26)(H,22,25)/b21-13+/t18-/m0/s1. The molecular weight excluding hydrogens is 352 g/mol. The summed E-state index contributed by atoms with van der Waals surface area (Å²) < 4.78 is 0. The summed E-state index contributed by atoms with van der Waals surface area (Å²) in [6.07, 6.45) is -0.369. The van der Waals surface area contributed by atoms with Crippen molar-refractivity contribution in [2.75, 3.05) is 5.32 Å². The molecule has 2 aromatic rings. The SMILES string of the molecule is NC(=O)C(=O)N/N=C(\C[C@@]1(O)C(=O)Nc2ccccc21)c1ccccc1O. The second kappa shape index (κ2) is 6.89. The van der Waals surface area contributed by atoms with Crippen molar-refractivity contribution in [3.05, 3.63) is 59.7 Å². The van der Waals surface area contributed by atoms with Gasteiger partial charge in [0.2, 0.25) is 0 Å². The number of primary amides is 1. The molecule has 3 amide bonds. The zero-order valence-corrected chi connectivity index (χ0v) is 14.0. The Morgan fingerprint density at radius 3 is 2.52 bits per heavy atom. The van der Waals surface area contributed by atoms with Crippen molar-refractivity contribution in [2.24, 2.45) is 10.8 Å². The van der Waals surface area contributed by atoms with Crippen molar-refractivity contribution in [3.8, 4) is 5.75 Å². The van der Waals surface area contributed by atoms with Gasteiger partial charge >= 0.3 is 11.8 Å². The van der Waals surface area contributed by atoms with Crippen LogP contribution in [0.4, 0.5) is 5.69 Å². The highest BCUT2D eigenvalue weighted by atomic mass is 16.3. The second-order valence-corrected chi connectivity index (χ2v) is 5.92. The van der Waals surface area contributed by atoms with Gasteiger partial charge in [0.15, 0.2) is 5.60 Å². The van der Waals surface area contributed by atoms with Gasteiger partial charge in [-0.05, 0) is 18.2 Å². The number of nitrogens with two attached hydrogens (primary N) is 1. The van der Waals surface area contributed by atoms with Crippen LogP contribution in [0.2, 0.25) is 0 Å². The first-order valence-corrected chi connectivity index (χ1v) is 7.91. The number of benzene rings is 2. The Balaban J connectivity index is 2.03. The zero-order chi connectivity index (χ0) is 19.6. The van der Waals surface area contributed by atoms with Gasteiger partial charge in [-0.25, -0.2) is 5.43 Å². The Bertz CT molecular complexity index is 972. The number of phenolic OH excluding ortho intramolecular Hbond substituents is 1. The molecule has 0 saturated heterocycles. The average Bonchev–Trinajstić information content (AvgIpc) is 2.89. The lowest BCUT2D eigenvalue weighted by Crippen LogP contribution is -2.38. The molecule has 27 heavy (non-hydrogen) atoms. The molecule has 0 aliphatic carbocycles. The highest BCUT2D eigenvalue weighted by Gasteiger charge is 2.46. The van der Waals surface area contributed by atoms with Crippen LogP contribution in [0.5, 0.6) is 5.75 Å². The molecule has 1 aliphatic rings. The van der Waals surface area contributed by atoms with Gasteiger partial charge in [-0.2, -0.15) is 5.10 Å². The monoisotopic (exact) mass is 368 g/mol. The highest BCUT2D eigenvalue weighted by Crippen LogP contribution is 2.39. The number of carbonyl (C=O) groups is 3. The number of aromatic hydroxyl groups is 1. The summed E-state index contributed by atoms with van der Waals surface area (Å²) in [4.78, 5) is 34.8. The first-order valence-electron chi connectivity index (χ1n) is 7.91. The van der Waals surface area contributed by atoms with Crippen molar-refractivity contribution in [1.82, 2.24) is 5.43 Å². The van der Waals surface area contributed by atoms with Crippen molar-refractivity contribution in [1.29, 1.82) is 0 Å². The minimum Gasteiger partial charge on any atom is -0.507 e. The van der Waals surface area contributed by atoms with Crippen LogP contribution in [0.1, 0.15) is 17.5 Å².